The molecule has 1 fully saturated rings. The zero-order valence-electron chi connectivity index (χ0n) is 14.5. The number of methoxy groups -OCH3 is 1. The van der Waals surface area contributed by atoms with Crippen molar-refractivity contribution >= 4 is 0 Å². The van der Waals surface area contributed by atoms with Crippen LogP contribution in [0.2, 0.25) is 0 Å². The van der Waals surface area contributed by atoms with Gasteiger partial charge in [0.15, 0.2) is 0 Å². The summed E-state index contributed by atoms with van der Waals surface area (Å²) in [4.78, 5) is 9.39. The minimum atomic E-state index is -0.265. The molecule has 1 aromatic heterocycles. The summed E-state index contributed by atoms with van der Waals surface area (Å²) in [5.74, 6) is 0.950. The van der Waals surface area contributed by atoms with E-state index in [9.17, 15) is 5.11 Å². The Morgan fingerprint density at radius 1 is 1.41 bits per heavy atom. The first-order valence-electron chi connectivity index (χ1n) is 8.06. The van der Waals surface area contributed by atoms with Gasteiger partial charge in [0.1, 0.15) is 5.75 Å². The molecule has 1 aromatic rings. The molecule has 2 heterocycles. The van der Waals surface area contributed by atoms with Gasteiger partial charge in [0, 0.05) is 56.1 Å². The number of aromatic nitrogens is 1. The number of pyridine rings is 1. The summed E-state index contributed by atoms with van der Waals surface area (Å²) in [7, 11) is 1.72. The normalized spacial score (nSPS) is 21.8. The van der Waals surface area contributed by atoms with Crippen molar-refractivity contribution in [3.8, 4) is 5.75 Å². The van der Waals surface area contributed by atoms with Gasteiger partial charge in [0.05, 0.1) is 18.9 Å². The van der Waals surface area contributed by atoms with Crippen molar-refractivity contribution in [1.29, 1.82) is 0 Å². The summed E-state index contributed by atoms with van der Waals surface area (Å²) in [5, 5.41) is 9.56. The number of aryl methyl sites for hydroxylation is 1. The van der Waals surface area contributed by atoms with Crippen molar-refractivity contribution < 1.29 is 9.84 Å². The summed E-state index contributed by atoms with van der Waals surface area (Å²) < 4.78 is 5.49. The number of ether oxygens (including phenoxy) is 1. The molecule has 22 heavy (non-hydrogen) atoms. The Balaban J connectivity index is 2.01. The predicted octanol–water partition coefficient (Wildman–Crippen LogP) is 1.59. The van der Waals surface area contributed by atoms with Crippen LogP contribution in [0.1, 0.15) is 30.7 Å². The minimum absolute atomic E-state index is 0.265. The highest BCUT2D eigenvalue weighted by Gasteiger charge is 2.25. The maximum absolute atomic E-state index is 9.56. The van der Waals surface area contributed by atoms with Gasteiger partial charge in [-0.3, -0.25) is 14.8 Å². The van der Waals surface area contributed by atoms with Gasteiger partial charge in [-0.2, -0.15) is 0 Å². The second kappa shape index (κ2) is 7.40. The Kier molecular flexibility index (Phi) is 5.78. The molecule has 2 unspecified atom stereocenters. The molecule has 124 valence electrons. The van der Waals surface area contributed by atoms with Crippen LogP contribution < -0.4 is 4.74 Å². The molecule has 1 aliphatic rings. The van der Waals surface area contributed by atoms with Crippen molar-refractivity contribution in [1.82, 2.24) is 14.8 Å². The van der Waals surface area contributed by atoms with Gasteiger partial charge in [0.2, 0.25) is 0 Å². The van der Waals surface area contributed by atoms with E-state index < -0.39 is 0 Å². The highest BCUT2D eigenvalue weighted by atomic mass is 16.5. The van der Waals surface area contributed by atoms with E-state index >= 15 is 0 Å². The Hall–Kier alpha value is -1.17. The number of β-amino-alcohol motifs (C(OH)–C–C–N with tert-alkyl or cyclic N) is 1. The molecule has 0 aliphatic carbocycles. The maximum Gasteiger partial charge on any atom is 0.128 e. The highest BCUT2D eigenvalue weighted by molar-refractivity contribution is 5.41. The van der Waals surface area contributed by atoms with Crippen LogP contribution in [0, 0.1) is 13.8 Å². The second-order valence-electron chi connectivity index (χ2n) is 6.47. The fraction of sp³-hybridized carbons (Fsp3) is 0.706. The molecule has 1 aliphatic heterocycles. The van der Waals surface area contributed by atoms with E-state index in [-0.39, 0.29) is 6.10 Å². The van der Waals surface area contributed by atoms with Crippen LogP contribution in [0.15, 0.2) is 6.20 Å². The number of rotatable bonds is 5. The monoisotopic (exact) mass is 307 g/mol. The third-order valence-electron chi connectivity index (χ3n) is 4.47. The molecule has 0 amide bonds. The van der Waals surface area contributed by atoms with E-state index in [2.05, 4.69) is 28.6 Å². The molecule has 5 heteroatoms. The number of piperazine rings is 1. The molecule has 1 saturated heterocycles. The van der Waals surface area contributed by atoms with Gasteiger partial charge in [0.25, 0.3) is 0 Å². The lowest BCUT2D eigenvalue weighted by atomic mass is 10.1. The smallest absolute Gasteiger partial charge is 0.128 e. The predicted molar refractivity (Wildman–Crippen MR) is 88.3 cm³/mol. The van der Waals surface area contributed by atoms with Gasteiger partial charge in [-0.1, -0.05) is 0 Å². The molecule has 1 N–H and O–H groups in total. The van der Waals surface area contributed by atoms with Crippen LogP contribution in [0.4, 0.5) is 0 Å². The topological polar surface area (TPSA) is 48.8 Å². The SMILES string of the molecule is COc1c(C)cnc(CN2CCN(CC(C)O)C(C)C2)c1C. The first kappa shape index (κ1) is 17.2. The van der Waals surface area contributed by atoms with Gasteiger partial charge in [-0.15, -0.1) is 0 Å². The largest absolute Gasteiger partial charge is 0.496 e. The highest BCUT2D eigenvalue weighted by Crippen LogP contribution is 2.25. The first-order valence-corrected chi connectivity index (χ1v) is 8.06. The lowest BCUT2D eigenvalue weighted by molar-refractivity contribution is 0.0417. The van der Waals surface area contributed by atoms with Gasteiger partial charge in [-0.25, -0.2) is 0 Å². The quantitative estimate of drug-likeness (QED) is 0.895. The summed E-state index contributed by atoms with van der Waals surface area (Å²) >= 11 is 0. The van der Waals surface area contributed by atoms with Gasteiger partial charge in [-0.05, 0) is 27.7 Å². The summed E-state index contributed by atoms with van der Waals surface area (Å²) in [6, 6.07) is 0.455. The van der Waals surface area contributed by atoms with Crippen LogP contribution in [0.25, 0.3) is 0 Å². The molecule has 0 bridgehead atoms. The van der Waals surface area contributed by atoms with Crippen molar-refractivity contribution in [3.05, 3.63) is 23.0 Å². The number of aliphatic hydroxyl groups excluding tert-OH is 1. The summed E-state index contributed by atoms with van der Waals surface area (Å²) in [6.07, 6.45) is 1.63. The average Bonchev–Trinajstić information content (AvgIpc) is 2.45. The number of hydrogen-bond donors (Lipinski definition) is 1. The molecule has 0 spiro atoms. The van der Waals surface area contributed by atoms with Crippen LogP contribution in [0.5, 0.6) is 5.75 Å². The Morgan fingerprint density at radius 3 is 2.73 bits per heavy atom. The Labute approximate surface area is 133 Å². The number of hydrogen-bond acceptors (Lipinski definition) is 5. The van der Waals surface area contributed by atoms with Crippen LogP contribution in [-0.4, -0.2) is 65.3 Å². The van der Waals surface area contributed by atoms with E-state index in [1.54, 1.807) is 7.11 Å². The minimum Gasteiger partial charge on any atom is -0.496 e. The molecule has 2 atom stereocenters. The lowest BCUT2D eigenvalue weighted by Gasteiger charge is -2.40. The molecule has 0 aromatic carbocycles. The van der Waals surface area contributed by atoms with Crippen molar-refractivity contribution in [2.45, 2.75) is 46.4 Å². The van der Waals surface area contributed by atoms with E-state index in [1.165, 1.54) is 0 Å². The molecule has 5 nitrogen and oxygen atoms in total. The Bertz CT molecular complexity index is 505. The molecule has 0 radical (unpaired) electrons. The number of nitrogens with zero attached hydrogens (tertiary/aromatic N) is 3. The van der Waals surface area contributed by atoms with Crippen molar-refractivity contribution in [2.75, 3.05) is 33.3 Å². The second-order valence-corrected chi connectivity index (χ2v) is 6.47. The van der Waals surface area contributed by atoms with Gasteiger partial charge < -0.3 is 9.84 Å². The van der Waals surface area contributed by atoms with E-state index in [1.807, 2.05) is 20.0 Å². The molecule has 0 saturated carbocycles. The Morgan fingerprint density at radius 2 is 2.14 bits per heavy atom. The molecular weight excluding hydrogens is 278 g/mol. The van der Waals surface area contributed by atoms with Crippen molar-refractivity contribution in [3.63, 3.8) is 0 Å². The lowest BCUT2D eigenvalue weighted by Crippen LogP contribution is -2.53. The third kappa shape index (κ3) is 3.97. The summed E-state index contributed by atoms with van der Waals surface area (Å²) in [5.41, 5.74) is 3.32. The van der Waals surface area contributed by atoms with Crippen molar-refractivity contribution in [2.24, 2.45) is 0 Å². The van der Waals surface area contributed by atoms with Crippen LogP contribution in [-0.2, 0) is 6.54 Å². The van der Waals surface area contributed by atoms with Crippen LogP contribution >= 0.6 is 0 Å². The average molecular weight is 307 g/mol. The third-order valence-corrected chi connectivity index (χ3v) is 4.47. The number of aliphatic hydroxyl groups is 1. The van der Waals surface area contributed by atoms with Crippen LogP contribution in [0.3, 0.4) is 0 Å². The fourth-order valence-corrected chi connectivity index (χ4v) is 3.27. The summed E-state index contributed by atoms with van der Waals surface area (Å²) in [6.45, 7) is 12.8. The van der Waals surface area contributed by atoms with Gasteiger partial charge >= 0.3 is 0 Å². The zero-order chi connectivity index (χ0) is 16.3. The molecular formula is C17H29N3O2. The van der Waals surface area contributed by atoms with E-state index in [0.717, 1.165) is 55.3 Å². The standard InChI is InChI=1S/C17H29N3O2/c1-12-8-18-16(15(4)17(12)22-5)11-19-6-7-20(10-14(3)21)13(2)9-19/h8,13-14,21H,6-7,9-11H2,1-5H3. The zero-order valence-corrected chi connectivity index (χ0v) is 14.5. The first-order chi connectivity index (χ1) is 10.4. The van der Waals surface area contributed by atoms with E-state index in [4.69, 9.17) is 4.74 Å². The fourth-order valence-electron chi connectivity index (χ4n) is 3.27. The molecule has 2 rings (SSSR count). The maximum atomic E-state index is 9.56. The van der Waals surface area contributed by atoms with E-state index in [0.29, 0.717) is 6.04 Å².